The SMILES string of the molecule is CCCC#CC#CC(=O)[O-]. The third-order valence-corrected chi connectivity index (χ3v) is 0.690. The number of carboxylic acids is 1. The second-order valence-corrected chi connectivity index (χ2v) is 1.59. The summed E-state index contributed by atoms with van der Waals surface area (Å²) in [5.41, 5.74) is 0. The molecule has 0 aromatic rings. The zero-order chi connectivity index (χ0) is 7.82. The maximum Gasteiger partial charge on any atom is 0.117 e. The number of aliphatic carboxylic acids is 1. The van der Waals surface area contributed by atoms with E-state index in [0.717, 1.165) is 12.8 Å². The highest BCUT2D eigenvalue weighted by Gasteiger charge is 1.67. The van der Waals surface area contributed by atoms with Crippen molar-refractivity contribution >= 4 is 5.97 Å². The van der Waals surface area contributed by atoms with Crippen LogP contribution in [0, 0.1) is 23.7 Å². The number of unbranched alkanes of at least 4 members (excludes halogenated alkanes) is 1. The zero-order valence-corrected chi connectivity index (χ0v) is 5.73. The molecule has 0 radical (unpaired) electrons. The largest absolute Gasteiger partial charge is 0.537 e. The average Bonchev–Trinajstić information content (AvgIpc) is 1.87. The molecule has 0 aliphatic heterocycles. The highest BCUT2D eigenvalue weighted by Crippen LogP contribution is 1.79. The van der Waals surface area contributed by atoms with Crippen LogP contribution < -0.4 is 5.11 Å². The second-order valence-electron chi connectivity index (χ2n) is 1.59. The zero-order valence-electron chi connectivity index (χ0n) is 5.73. The van der Waals surface area contributed by atoms with E-state index in [2.05, 4.69) is 17.8 Å². The van der Waals surface area contributed by atoms with Gasteiger partial charge in [-0.2, -0.15) is 0 Å². The summed E-state index contributed by atoms with van der Waals surface area (Å²) in [5.74, 6) is 7.61. The molecule has 0 amide bonds. The lowest BCUT2D eigenvalue weighted by Gasteiger charge is -1.79. The lowest BCUT2D eigenvalue weighted by atomic mass is 10.3. The van der Waals surface area contributed by atoms with Crippen molar-refractivity contribution in [1.29, 1.82) is 0 Å². The molecule has 0 rings (SSSR count). The van der Waals surface area contributed by atoms with Gasteiger partial charge in [-0.1, -0.05) is 12.8 Å². The van der Waals surface area contributed by atoms with E-state index < -0.39 is 5.97 Å². The Morgan fingerprint density at radius 1 is 1.50 bits per heavy atom. The fourth-order valence-corrected chi connectivity index (χ4v) is 0.314. The molecule has 0 saturated heterocycles. The Bertz CT molecular complexity index is 219. The molecule has 10 heavy (non-hydrogen) atoms. The van der Waals surface area contributed by atoms with Crippen LogP contribution in [0.5, 0.6) is 0 Å². The summed E-state index contributed by atoms with van der Waals surface area (Å²) in [4.78, 5) is 9.68. The lowest BCUT2D eigenvalue weighted by Crippen LogP contribution is -2.19. The van der Waals surface area contributed by atoms with Crippen molar-refractivity contribution in [2.45, 2.75) is 19.8 Å². The van der Waals surface area contributed by atoms with Gasteiger partial charge < -0.3 is 9.90 Å². The Morgan fingerprint density at radius 2 is 2.20 bits per heavy atom. The van der Waals surface area contributed by atoms with Crippen LogP contribution in [0.15, 0.2) is 0 Å². The van der Waals surface area contributed by atoms with Gasteiger partial charge in [-0.3, -0.25) is 0 Å². The normalized spacial score (nSPS) is 6.50. The van der Waals surface area contributed by atoms with Gasteiger partial charge in [-0.15, -0.1) is 0 Å². The minimum absolute atomic E-state index is 0.752. The molecular weight excluding hydrogens is 128 g/mol. The first kappa shape index (κ1) is 8.59. The smallest absolute Gasteiger partial charge is 0.117 e. The van der Waals surface area contributed by atoms with E-state index in [1.54, 1.807) is 5.92 Å². The minimum Gasteiger partial charge on any atom is -0.537 e. The highest BCUT2D eigenvalue weighted by atomic mass is 16.4. The molecule has 0 saturated carbocycles. The Hall–Kier alpha value is -1.41. The molecule has 0 heterocycles. The van der Waals surface area contributed by atoms with E-state index in [1.165, 1.54) is 0 Å². The molecule has 0 N–H and O–H groups in total. The van der Waals surface area contributed by atoms with Gasteiger partial charge in [0.2, 0.25) is 0 Å². The van der Waals surface area contributed by atoms with E-state index in [0.29, 0.717) is 0 Å². The third-order valence-electron chi connectivity index (χ3n) is 0.690. The Morgan fingerprint density at radius 3 is 2.70 bits per heavy atom. The van der Waals surface area contributed by atoms with Crippen LogP contribution >= 0.6 is 0 Å². The quantitative estimate of drug-likeness (QED) is 0.456. The number of carboxylic acid groups (broad SMARTS) is 1. The summed E-state index contributed by atoms with van der Waals surface area (Å²) in [6.07, 6.45) is 1.71. The van der Waals surface area contributed by atoms with Crippen LogP contribution in [-0.4, -0.2) is 5.97 Å². The number of carbonyl (C=O) groups excluding carboxylic acids is 1. The molecule has 52 valence electrons. The van der Waals surface area contributed by atoms with Crippen molar-refractivity contribution in [3.05, 3.63) is 0 Å². The molecule has 0 spiro atoms. The van der Waals surface area contributed by atoms with E-state index in [1.807, 2.05) is 6.92 Å². The first-order valence-corrected chi connectivity index (χ1v) is 2.97. The van der Waals surface area contributed by atoms with Crippen molar-refractivity contribution in [2.75, 3.05) is 0 Å². The van der Waals surface area contributed by atoms with Gasteiger partial charge in [0.1, 0.15) is 5.97 Å². The van der Waals surface area contributed by atoms with Crippen LogP contribution in [0.1, 0.15) is 19.8 Å². The summed E-state index contributed by atoms with van der Waals surface area (Å²) in [6, 6.07) is 0. The summed E-state index contributed by atoms with van der Waals surface area (Å²) >= 11 is 0. The fourth-order valence-electron chi connectivity index (χ4n) is 0.314. The summed E-state index contributed by atoms with van der Waals surface area (Å²) < 4.78 is 0. The first-order valence-electron chi connectivity index (χ1n) is 2.97. The second kappa shape index (κ2) is 5.72. The molecule has 2 heteroatoms. The maximum atomic E-state index is 9.68. The number of hydrogen-bond donors (Lipinski definition) is 0. The molecule has 0 aliphatic carbocycles. The molecule has 2 nitrogen and oxygen atoms in total. The predicted molar refractivity (Wildman–Crippen MR) is 35.5 cm³/mol. The van der Waals surface area contributed by atoms with Gasteiger partial charge in [0.25, 0.3) is 0 Å². The monoisotopic (exact) mass is 135 g/mol. The van der Waals surface area contributed by atoms with E-state index >= 15 is 0 Å². The summed E-state index contributed by atoms with van der Waals surface area (Å²) in [5, 5.41) is 9.68. The Balaban J connectivity index is 3.67. The van der Waals surface area contributed by atoms with Crippen molar-refractivity contribution in [2.24, 2.45) is 0 Å². The van der Waals surface area contributed by atoms with Crippen molar-refractivity contribution < 1.29 is 9.90 Å². The van der Waals surface area contributed by atoms with Crippen molar-refractivity contribution in [3.63, 3.8) is 0 Å². The van der Waals surface area contributed by atoms with Gasteiger partial charge >= 0.3 is 0 Å². The number of carbonyl (C=O) groups is 1. The molecule has 0 aromatic carbocycles. The maximum absolute atomic E-state index is 9.68. The van der Waals surface area contributed by atoms with Crippen molar-refractivity contribution in [3.8, 4) is 23.7 Å². The highest BCUT2D eigenvalue weighted by molar-refractivity contribution is 5.85. The van der Waals surface area contributed by atoms with E-state index in [9.17, 15) is 9.90 Å². The summed E-state index contributed by atoms with van der Waals surface area (Å²) in [6.45, 7) is 1.99. The van der Waals surface area contributed by atoms with Gasteiger partial charge in [0.05, 0.1) is 0 Å². The van der Waals surface area contributed by atoms with Crippen LogP contribution in [0.2, 0.25) is 0 Å². The average molecular weight is 135 g/mol. The number of hydrogen-bond acceptors (Lipinski definition) is 2. The lowest BCUT2D eigenvalue weighted by molar-refractivity contribution is -0.295. The Labute approximate surface area is 60.2 Å². The van der Waals surface area contributed by atoms with Gasteiger partial charge in [-0.05, 0) is 24.2 Å². The molecule has 0 unspecified atom stereocenters. The van der Waals surface area contributed by atoms with E-state index in [-0.39, 0.29) is 0 Å². The molecule has 0 fully saturated rings. The van der Waals surface area contributed by atoms with Crippen molar-refractivity contribution in [1.82, 2.24) is 0 Å². The van der Waals surface area contributed by atoms with Crippen LogP contribution in [0.4, 0.5) is 0 Å². The topological polar surface area (TPSA) is 40.1 Å². The molecule has 0 aromatic heterocycles. The molecular formula is C8H7O2-. The fraction of sp³-hybridized carbons (Fsp3) is 0.375. The first-order chi connectivity index (χ1) is 4.77. The summed E-state index contributed by atoms with van der Waals surface area (Å²) in [7, 11) is 0. The van der Waals surface area contributed by atoms with Gasteiger partial charge in [-0.25, -0.2) is 0 Å². The number of rotatable bonds is 1. The third kappa shape index (κ3) is 6.59. The van der Waals surface area contributed by atoms with Crippen LogP contribution in [0.25, 0.3) is 0 Å². The van der Waals surface area contributed by atoms with Gasteiger partial charge in [0.15, 0.2) is 0 Å². The van der Waals surface area contributed by atoms with Gasteiger partial charge in [0, 0.05) is 6.42 Å². The van der Waals surface area contributed by atoms with E-state index in [4.69, 9.17) is 0 Å². The Kier molecular flexibility index (Phi) is 4.91. The molecule has 0 aliphatic rings. The van der Waals surface area contributed by atoms with Crippen LogP contribution in [0.3, 0.4) is 0 Å². The standard InChI is InChI=1S/C8H8O2/c1-2-3-4-5-6-7-8(9)10/h2-3H2,1H3,(H,9,10)/p-1. The predicted octanol–water partition coefficient (Wildman–Crippen LogP) is -0.457. The van der Waals surface area contributed by atoms with Crippen LogP contribution in [-0.2, 0) is 4.79 Å². The molecule has 0 bridgehead atoms. The minimum atomic E-state index is -1.38. The molecule has 0 atom stereocenters.